The van der Waals surface area contributed by atoms with Crippen molar-refractivity contribution in [3.63, 3.8) is 0 Å². The molecule has 23 heavy (non-hydrogen) atoms. The Bertz CT molecular complexity index is 758. The Morgan fingerprint density at radius 3 is 2.39 bits per heavy atom. The van der Waals surface area contributed by atoms with Gasteiger partial charge in [0.2, 0.25) is 5.78 Å². The molecule has 0 spiro atoms. The zero-order chi connectivity index (χ0) is 17.0. The first kappa shape index (κ1) is 17.1. The molecule has 7 heteroatoms. The summed E-state index contributed by atoms with van der Waals surface area (Å²) in [6, 6.07) is 8.50. The fraction of sp³-hybridized carbons (Fsp3) is 0.125. The Hall–Kier alpha value is -2.24. The molecular formula is C16H12Cl2O5. The maximum atomic E-state index is 12.0. The second kappa shape index (κ2) is 7.35. The lowest BCUT2D eigenvalue weighted by atomic mass is 10.1. The number of carbonyl (C=O) groups is 2. The number of esters is 1. The second-order valence-electron chi connectivity index (χ2n) is 4.51. The summed E-state index contributed by atoms with van der Waals surface area (Å²) in [5.74, 6) is -1.22. The summed E-state index contributed by atoms with van der Waals surface area (Å²) in [7, 11) is 1.43. The lowest BCUT2D eigenvalue weighted by molar-refractivity contribution is 0.0472. The maximum Gasteiger partial charge on any atom is 0.342 e. The van der Waals surface area contributed by atoms with E-state index in [-0.39, 0.29) is 21.9 Å². The summed E-state index contributed by atoms with van der Waals surface area (Å²) >= 11 is 11.7. The van der Waals surface area contributed by atoms with Gasteiger partial charge in [0.25, 0.3) is 0 Å². The highest BCUT2D eigenvalue weighted by molar-refractivity contribution is 6.36. The van der Waals surface area contributed by atoms with Gasteiger partial charge in [0.05, 0.1) is 12.1 Å². The number of Topliss-reactive ketones (excluding diaryl/α,β-unsaturated/α-hetero) is 1. The highest BCUT2D eigenvalue weighted by atomic mass is 35.5. The molecule has 0 amide bonds. The van der Waals surface area contributed by atoms with Crippen molar-refractivity contribution >= 4 is 35.0 Å². The standard InChI is InChI=1S/C16H12Cl2O5/c1-22-10-3-5-12(14(19)7-10)16(21)23-8-15(20)11-4-2-9(17)6-13(11)18/h2-7,19H,8H2,1H3. The first-order chi connectivity index (χ1) is 10.9. The van der Waals surface area contributed by atoms with E-state index in [0.29, 0.717) is 10.8 Å². The zero-order valence-corrected chi connectivity index (χ0v) is 13.5. The van der Waals surface area contributed by atoms with E-state index in [0.717, 1.165) is 0 Å². The minimum absolute atomic E-state index is 0.0687. The second-order valence-corrected chi connectivity index (χ2v) is 5.35. The van der Waals surface area contributed by atoms with E-state index in [9.17, 15) is 14.7 Å². The number of phenolic OH excluding ortho intramolecular Hbond substituents is 1. The number of methoxy groups -OCH3 is 1. The SMILES string of the molecule is COc1ccc(C(=O)OCC(=O)c2ccc(Cl)cc2Cl)c(O)c1. The fourth-order valence-corrected chi connectivity index (χ4v) is 2.33. The van der Waals surface area contributed by atoms with Crippen LogP contribution in [-0.4, -0.2) is 30.6 Å². The van der Waals surface area contributed by atoms with Crippen LogP contribution in [-0.2, 0) is 4.74 Å². The van der Waals surface area contributed by atoms with Gasteiger partial charge in [-0.3, -0.25) is 4.79 Å². The molecule has 2 rings (SSSR count). The third kappa shape index (κ3) is 4.15. The Balaban J connectivity index is 2.05. The third-order valence-electron chi connectivity index (χ3n) is 2.99. The number of rotatable bonds is 5. The molecule has 0 bridgehead atoms. The number of halogens is 2. The molecule has 0 saturated heterocycles. The predicted molar refractivity (Wildman–Crippen MR) is 85.7 cm³/mol. The predicted octanol–water partition coefficient (Wildman–Crippen LogP) is 3.75. The molecule has 0 unspecified atom stereocenters. The van der Waals surface area contributed by atoms with Crippen LogP contribution in [0.25, 0.3) is 0 Å². The number of benzene rings is 2. The van der Waals surface area contributed by atoms with Gasteiger partial charge in [0.15, 0.2) is 6.61 Å². The summed E-state index contributed by atoms with van der Waals surface area (Å²) < 4.78 is 9.82. The smallest absolute Gasteiger partial charge is 0.342 e. The number of ketones is 1. The van der Waals surface area contributed by atoms with Crippen LogP contribution in [0.4, 0.5) is 0 Å². The van der Waals surface area contributed by atoms with E-state index < -0.39 is 18.4 Å². The molecule has 120 valence electrons. The number of hydrogen-bond donors (Lipinski definition) is 1. The van der Waals surface area contributed by atoms with E-state index in [4.69, 9.17) is 32.7 Å². The molecule has 1 N–H and O–H groups in total. The van der Waals surface area contributed by atoms with Crippen molar-refractivity contribution in [1.82, 2.24) is 0 Å². The fourth-order valence-electron chi connectivity index (χ4n) is 1.81. The lowest BCUT2D eigenvalue weighted by Crippen LogP contribution is -2.14. The molecule has 0 radical (unpaired) electrons. The van der Waals surface area contributed by atoms with Gasteiger partial charge in [-0.05, 0) is 30.3 Å². The van der Waals surface area contributed by atoms with Crippen molar-refractivity contribution in [3.05, 3.63) is 57.6 Å². The molecule has 5 nitrogen and oxygen atoms in total. The van der Waals surface area contributed by atoms with Gasteiger partial charge in [-0.25, -0.2) is 4.79 Å². The Morgan fingerprint density at radius 2 is 1.78 bits per heavy atom. The number of phenols is 1. The molecule has 0 heterocycles. The molecule has 2 aromatic rings. The van der Waals surface area contributed by atoms with E-state index in [1.54, 1.807) is 0 Å². The van der Waals surface area contributed by atoms with Crippen LogP contribution in [0.5, 0.6) is 11.5 Å². The normalized spacial score (nSPS) is 10.2. The molecule has 0 aromatic heterocycles. The van der Waals surface area contributed by atoms with Crippen molar-refractivity contribution in [2.24, 2.45) is 0 Å². The topological polar surface area (TPSA) is 72.8 Å². The third-order valence-corrected chi connectivity index (χ3v) is 3.54. The van der Waals surface area contributed by atoms with E-state index >= 15 is 0 Å². The highest BCUT2D eigenvalue weighted by Crippen LogP contribution is 2.24. The van der Waals surface area contributed by atoms with Crippen molar-refractivity contribution in [2.75, 3.05) is 13.7 Å². The molecule has 0 saturated carbocycles. The van der Waals surface area contributed by atoms with Gasteiger partial charge in [0, 0.05) is 16.7 Å². The van der Waals surface area contributed by atoms with Gasteiger partial charge in [0.1, 0.15) is 17.1 Å². The Kier molecular flexibility index (Phi) is 5.47. The van der Waals surface area contributed by atoms with Gasteiger partial charge in [-0.2, -0.15) is 0 Å². The van der Waals surface area contributed by atoms with Crippen molar-refractivity contribution in [1.29, 1.82) is 0 Å². The number of hydrogen-bond acceptors (Lipinski definition) is 5. The van der Waals surface area contributed by atoms with Crippen molar-refractivity contribution < 1.29 is 24.2 Å². The molecule has 0 fully saturated rings. The Labute approximate surface area is 142 Å². The highest BCUT2D eigenvalue weighted by Gasteiger charge is 2.17. The first-order valence-electron chi connectivity index (χ1n) is 6.44. The van der Waals surface area contributed by atoms with Crippen LogP contribution < -0.4 is 4.74 Å². The van der Waals surface area contributed by atoms with Crippen LogP contribution in [0, 0.1) is 0 Å². The molecular weight excluding hydrogens is 343 g/mol. The van der Waals surface area contributed by atoms with E-state index in [1.807, 2.05) is 0 Å². The largest absolute Gasteiger partial charge is 0.507 e. The summed E-state index contributed by atoms with van der Waals surface area (Å²) in [4.78, 5) is 23.9. The monoisotopic (exact) mass is 354 g/mol. The zero-order valence-electron chi connectivity index (χ0n) is 12.0. The minimum atomic E-state index is -0.830. The van der Waals surface area contributed by atoms with Crippen LogP contribution in [0.15, 0.2) is 36.4 Å². The Morgan fingerprint density at radius 1 is 1.09 bits per heavy atom. The van der Waals surface area contributed by atoms with Crippen molar-refractivity contribution in [2.45, 2.75) is 0 Å². The molecule has 0 atom stereocenters. The number of ether oxygens (including phenoxy) is 2. The lowest BCUT2D eigenvalue weighted by Gasteiger charge is -2.08. The molecule has 2 aromatic carbocycles. The average molecular weight is 355 g/mol. The van der Waals surface area contributed by atoms with Crippen LogP contribution in [0.2, 0.25) is 10.0 Å². The summed E-state index contributed by atoms with van der Waals surface area (Å²) in [5.41, 5.74) is 0.128. The van der Waals surface area contributed by atoms with Gasteiger partial charge < -0.3 is 14.6 Å². The van der Waals surface area contributed by atoms with Gasteiger partial charge in [-0.15, -0.1) is 0 Å². The van der Waals surface area contributed by atoms with Crippen LogP contribution in [0.3, 0.4) is 0 Å². The maximum absolute atomic E-state index is 12.0. The van der Waals surface area contributed by atoms with E-state index in [2.05, 4.69) is 0 Å². The summed E-state index contributed by atoms with van der Waals surface area (Å²) in [6.45, 7) is -0.508. The number of carbonyl (C=O) groups excluding carboxylic acids is 2. The van der Waals surface area contributed by atoms with E-state index in [1.165, 1.54) is 43.5 Å². The van der Waals surface area contributed by atoms with Crippen molar-refractivity contribution in [3.8, 4) is 11.5 Å². The first-order valence-corrected chi connectivity index (χ1v) is 7.20. The quantitative estimate of drug-likeness (QED) is 0.653. The molecule has 0 aliphatic rings. The van der Waals surface area contributed by atoms with Gasteiger partial charge >= 0.3 is 5.97 Å². The average Bonchev–Trinajstić information content (AvgIpc) is 2.52. The molecule has 0 aliphatic carbocycles. The summed E-state index contributed by atoms with van der Waals surface area (Å²) in [5, 5.41) is 10.3. The minimum Gasteiger partial charge on any atom is -0.507 e. The number of aromatic hydroxyl groups is 1. The van der Waals surface area contributed by atoms with Crippen LogP contribution >= 0.6 is 23.2 Å². The molecule has 0 aliphatic heterocycles. The van der Waals surface area contributed by atoms with Gasteiger partial charge in [-0.1, -0.05) is 23.2 Å². The summed E-state index contributed by atoms with van der Waals surface area (Å²) in [6.07, 6.45) is 0. The van der Waals surface area contributed by atoms with Crippen LogP contribution in [0.1, 0.15) is 20.7 Å².